The fraction of sp³-hybridized carbons (Fsp3) is 0.474. The maximum absolute atomic E-state index is 12.2. The normalized spacial score (nSPS) is 15.0. The van der Waals surface area contributed by atoms with Crippen molar-refractivity contribution in [3.63, 3.8) is 0 Å². The molecule has 0 bridgehead atoms. The van der Waals surface area contributed by atoms with E-state index in [1.54, 1.807) is 14.2 Å². The average molecular weight is 344 g/mol. The zero-order valence-electron chi connectivity index (χ0n) is 14.7. The van der Waals surface area contributed by atoms with Crippen molar-refractivity contribution in [2.24, 2.45) is 5.92 Å². The summed E-state index contributed by atoms with van der Waals surface area (Å²) in [5.74, 6) is 2.18. The third kappa shape index (κ3) is 4.13. The van der Waals surface area contributed by atoms with Gasteiger partial charge >= 0.3 is 0 Å². The molecule has 1 aromatic carbocycles. The summed E-state index contributed by atoms with van der Waals surface area (Å²) in [4.78, 5) is 12.2. The molecule has 6 heteroatoms. The molecule has 0 unspecified atom stereocenters. The van der Waals surface area contributed by atoms with Crippen molar-refractivity contribution in [3.05, 3.63) is 30.0 Å². The predicted octanol–water partition coefficient (Wildman–Crippen LogP) is 3.56. The van der Waals surface area contributed by atoms with Gasteiger partial charge in [-0.1, -0.05) is 24.4 Å². The number of hydrogen-bond acceptors (Lipinski definition) is 5. The average Bonchev–Trinajstić information content (AvgIpc) is 3.15. The summed E-state index contributed by atoms with van der Waals surface area (Å²) in [6.45, 7) is 0.381. The number of carbonyl (C=O) groups excluding carboxylic acids is 1. The van der Waals surface area contributed by atoms with Crippen LogP contribution in [0.4, 0.5) is 0 Å². The van der Waals surface area contributed by atoms with Crippen LogP contribution in [0.5, 0.6) is 11.5 Å². The first-order valence-electron chi connectivity index (χ1n) is 8.67. The Morgan fingerprint density at radius 3 is 2.64 bits per heavy atom. The molecule has 2 aromatic rings. The van der Waals surface area contributed by atoms with Crippen LogP contribution in [-0.2, 0) is 11.3 Å². The molecular weight excluding hydrogens is 320 g/mol. The van der Waals surface area contributed by atoms with Gasteiger partial charge in [-0.2, -0.15) is 0 Å². The minimum Gasteiger partial charge on any atom is -0.493 e. The lowest BCUT2D eigenvalue weighted by atomic mass is 9.89. The van der Waals surface area contributed by atoms with Gasteiger partial charge in [-0.15, -0.1) is 0 Å². The van der Waals surface area contributed by atoms with Crippen LogP contribution in [0.15, 0.2) is 28.8 Å². The molecule has 134 valence electrons. The molecule has 0 saturated heterocycles. The minimum absolute atomic E-state index is 0.121. The summed E-state index contributed by atoms with van der Waals surface area (Å²) in [6, 6.07) is 7.37. The summed E-state index contributed by atoms with van der Waals surface area (Å²) in [5, 5.41) is 7.01. The minimum atomic E-state index is 0.121. The summed E-state index contributed by atoms with van der Waals surface area (Å²) in [6.07, 6.45) is 5.50. The number of ether oxygens (including phenoxy) is 2. The maximum atomic E-state index is 12.2. The second-order valence-electron chi connectivity index (χ2n) is 6.31. The Kier molecular flexibility index (Phi) is 5.58. The van der Waals surface area contributed by atoms with Crippen LogP contribution in [0.2, 0.25) is 0 Å². The Morgan fingerprint density at radius 2 is 1.92 bits per heavy atom. The second-order valence-corrected chi connectivity index (χ2v) is 6.31. The lowest BCUT2D eigenvalue weighted by Crippen LogP contribution is -2.31. The van der Waals surface area contributed by atoms with Crippen molar-refractivity contribution >= 4 is 5.91 Å². The van der Waals surface area contributed by atoms with Crippen LogP contribution in [0.25, 0.3) is 11.3 Å². The monoisotopic (exact) mass is 344 g/mol. The number of methoxy groups -OCH3 is 2. The van der Waals surface area contributed by atoms with E-state index in [9.17, 15) is 4.79 Å². The van der Waals surface area contributed by atoms with Gasteiger partial charge in [0.1, 0.15) is 5.69 Å². The Bertz CT molecular complexity index is 720. The number of benzene rings is 1. The number of nitrogens with one attached hydrogen (secondary N) is 1. The van der Waals surface area contributed by atoms with Gasteiger partial charge in [-0.25, -0.2) is 0 Å². The Hall–Kier alpha value is -2.50. The molecule has 0 aliphatic heterocycles. The van der Waals surface area contributed by atoms with E-state index in [1.807, 2.05) is 24.3 Å². The molecular formula is C19H24N2O4. The molecule has 1 aliphatic rings. The smallest absolute Gasteiger partial charge is 0.223 e. The summed E-state index contributed by atoms with van der Waals surface area (Å²) < 4.78 is 15.9. The van der Waals surface area contributed by atoms with E-state index in [0.29, 0.717) is 29.5 Å². The predicted molar refractivity (Wildman–Crippen MR) is 93.5 cm³/mol. The molecule has 0 spiro atoms. The molecule has 0 radical (unpaired) electrons. The largest absolute Gasteiger partial charge is 0.493 e. The number of rotatable bonds is 6. The summed E-state index contributed by atoms with van der Waals surface area (Å²) in [7, 11) is 3.19. The van der Waals surface area contributed by atoms with Crippen LogP contribution < -0.4 is 14.8 Å². The highest BCUT2D eigenvalue weighted by atomic mass is 16.5. The molecule has 6 nitrogen and oxygen atoms in total. The second kappa shape index (κ2) is 8.05. The molecule has 25 heavy (non-hydrogen) atoms. The quantitative estimate of drug-likeness (QED) is 0.867. The van der Waals surface area contributed by atoms with Gasteiger partial charge in [-0.3, -0.25) is 4.79 Å². The molecule has 1 saturated carbocycles. The number of hydrogen-bond donors (Lipinski definition) is 1. The summed E-state index contributed by atoms with van der Waals surface area (Å²) >= 11 is 0. The van der Waals surface area contributed by atoms with Crippen LogP contribution in [-0.4, -0.2) is 25.3 Å². The molecule has 1 aliphatic carbocycles. The third-order valence-electron chi connectivity index (χ3n) is 4.65. The molecule has 0 atom stereocenters. The van der Waals surface area contributed by atoms with Crippen molar-refractivity contribution in [2.45, 2.75) is 38.6 Å². The lowest BCUT2D eigenvalue weighted by molar-refractivity contribution is -0.126. The zero-order chi connectivity index (χ0) is 17.6. The van der Waals surface area contributed by atoms with Crippen LogP contribution in [0.1, 0.15) is 37.8 Å². The highest BCUT2D eigenvalue weighted by Gasteiger charge is 2.21. The van der Waals surface area contributed by atoms with Crippen LogP contribution in [0, 0.1) is 5.92 Å². The highest BCUT2D eigenvalue weighted by molar-refractivity contribution is 5.78. The number of nitrogens with zero attached hydrogens (tertiary/aromatic N) is 1. The van der Waals surface area contributed by atoms with Crippen LogP contribution in [0.3, 0.4) is 0 Å². The first-order chi connectivity index (χ1) is 12.2. The van der Waals surface area contributed by atoms with Crippen molar-refractivity contribution in [3.8, 4) is 22.8 Å². The number of aromatic nitrogens is 1. The summed E-state index contributed by atoms with van der Waals surface area (Å²) in [5.41, 5.74) is 1.55. The van der Waals surface area contributed by atoms with Gasteiger partial charge in [0.2, 0.25) is 5.91 Å². The van der Waals surface area contributed by atoms with Crippen molar-refractivity contribution in [1.82, 2.24) is 10.5 Å². The standard InChI is InChI=1S/C19H24N2O4/c1-23-16-9-8-14(10-18(16)24-2)17-11-15(21-25-17)12-20-19(22)13-6-4-3-5-7-13/h8-11,13H,3-7,12H2,1-2H3,(H,20,22). The van der Waals surface area contributed by atoms with Crippen molar-refractivity contribution < 1.29 is 18.8 Å². The Balaban J connectivity index is 1.63. The number of carbonyl (C=O) groups is 1. The molecule has 1 aromatic heterocycles. The maximum Gasteiger partial charge on any atom is 0.223 e. The van der Waals surface area contributed by atoms with E-state index in [4.69, 9.17) is 14.0 Å². The lowest BCUT2D eigenvalue weighted by Gasteiger charge is -2.20. The van der Waals surface area contributed by atoms with E-state index >= 15 is 0 Å². The fourth-order valence-electron chi connectivity index (χ4n) is 3.21. The first-order valence-corrected chi connectivity index (χ1v) is 8.67. The van der Waals surface area contributed by atoms with E-state index in [2.05, 4.69) is 10.5 Å². The van der Waals surface area contributed by atoms with Gasteiger partial charge in [-0.05, 0) is 31.0 Å². The molecule has 1 N–H and O–H groups in total. The highest BCUT2D eigenvalue weighted by Crippen LogP contribution is 2.32. The van der Waals surface area contributed by atoms with Gasteiger partial charge in [0.15, 0.2) is 17.3 Å². The van der Waals surface area contributed by atoms with Gasteiger partial charge in [0, 0.05) is 17.5 Å². The Labute approximate surface area is 147 Å². The fourth-order valence-corrected chi connectivity index (χ4v) is 3.21. The van der Waals surface area contributed by atoms with E-state index in [1.165, 1.54) is 6.42 Å². The van der Waals surface area contributed by atoms with Crippen molar-refractivity contribution in [1.29, 1.82) is 0 Å². The molecule has 1 heterocycles. The topological polar surface area (TPSA) is 73.6 Å². The van der Waals surface area contributed by atoms with E-state index in [-0.39, 0.29) is 11.8 Å². The first kappa shape index (κ1) is 17.3. The molecule has 3 rings (SSSR count). The van der Waals surface area contributed by atoms with E-state index in [0.717, 1.165) is 31.2 Å². The van der Waals surface area contributed by atoms with Crippen LogP contribution >= 0.6 is 0 Å². The van der Waals surface area contributed by atoms with Gasteiger partial charge < -0.3 is 19.3 Å². The zero-order valence-corrected chi connectivity index (χ0v) is 14.7. The number of amides is 1. The van der Waals surface area contributed by atoms with Crippen molar-refractivity contribution in [2.75, 3.05) is 14.2 Å². The Morgan fingerprint density at radius 1 is 1.16 bits per heavy atom. The molecule has 1 amide bonds. The molecule has 1 fully saturated rings. The third-order valence-corrected chi connectivity index (χ3v) is 4.65. The van der Waals surface area contributed by atoms with Gasteiger partial charge in [0.05, 0.1) is 20.8 Å². The van der Waals surface area contributed by atoms with Gasteiger partial charge in [0.25, 0.3) is 0 Å². The SMILES string of the molecule is COc1ccc(-c2cc(CNC(=O)C3CCCCC3)no2)cc1OC. The van der Waals surface area contributed by atoms with E-state index < -0.39 is 0 Å².